The number of carbonyl (C=O) groups excluding carboxylic acids is 2. The quantitative estimate of drug-likeness (QED) is 0.585. The number of esters is 1. The first-order chi connectivity index (χ1) is 6.97. The molecule has 0 atom stereocenters. The molecule has 0 amide bonds. The average Bonchev–Trinajstić information content (AvgIpc) is 2.61. The first-order valence-corrected chi connectivity index (χ1v) is 4.73. The number of rotatable bonds is 3. The zero-order valence-corrected chi connectivity index (χ0v) is 9.41. The molecule has 1 aromatic heterocycles. The van der Waals surface area contributed by atoms with Crippen molar-refractivity contribution in [1.82, 2.24) is 9.78 Å². The van der Waals surface area contributed by atoms with Crippen LogP contribution in [0.25, 0.3) is 0 Å². The molecule has 15 heavy (non-hydrogen) atoms. The Kier molecular flexibility index (Phi) is 3.47. The fraction of sp³-hybridized carbons (Fsp3) is 0.444. The van der Waals surface area contributed by atoms with Crippen LogP contribution in [0.2, 0.25) is 0 Å². The molecular weight excluding hydrogens is 220 g/mol. The lowest BCUT2D eigenvalue weighted by molar-refractivity contribution is 0.0592. The summed E-state index contributed by atoms with van der Waals surface area (Å²) in [6.45, 7) is 3.66. The fourth-order valence-electron chi connectivity index (χ4n) is 1.14. The van der Waals surface area contributed by atoms with Gasteiger partial charge in [0, 0.05) is 12.1 Å². The van der Waals surface area contributed by atoms with Gasteiger partial charge in [-0.2, -0.15) is 5.10 Å². The molecule has 0 aliphatic heterocycles. The minimum absolute atomic E-state index is 0.0545. The number of ether oxygens (including phenoxy) is 1. The molecule has 82 valence electrons. The maximum Gasteiger partial charge on any atom is 0.358 e. The van der Waals surface area contributed by atoms with Crippen molar-refractivity contribution in [2.45, 2.75) is 19.9 Å². The first-order valence-electron chi connectivity index (χ1n) is 4.35. The highest BCUT2D eigenvalue weighted by Crippen LogP contribution is 2.14. The SMILES string of the molecule is COC(=O)c1cc(C(=O)Cl)n(C(C)C)n1. The van der Waals surface area contributed by atoms with Crippen molar-refractivity contribution < 1.29 is 14.3 Å². The summed E-state index contributed by atoms with van der Waals surface area (Å²) in [4.78, 5) is 22.2. The number of hydrogen-bond acceptors (Lipinski definition) is 4. The third kappa shape index (κ3) is 2.36. The van der Waals surface area contributed by atoms with Crippen molar-refractivity contribution in [3.63, 3.8) is 0 Å². The Labute approximate surface area is 92.0 Å². The highest BCUT2D eigenvalue weighted by molar-refractivity contribution is 6.67. The second-order valence-electron chi connectivity index (χ2n) is 3.22. The monoisotopic (exact) mass is 230 g/mol. The van der Waals surface area contributed by atoms with Gasteiger partial charge in [0.2, 0.25) is 0 Å². The van der Waals surface area contributed by atoms with Crippen LogP contribution in [0.5, 0.6) is 0 Å². The maximum absolute atomic E-state index is 11.2. The lowest BCUT2D eigenvalue weighted by Crippen LogP contribution is -2.10. The third-order valence-corrected chi connectivity index (χ3v) is 2.01. The van der Waals surface area contributed by atoms with E-state index in [0.29, 0.717) is 0 Å². The van der Waals surface area contributed by atoms with E-state index in [1.54, 1.807) is 0 Å². The highest BCUT2D eigenvalue weighted by Gasteiger charge is 2.19. The second kappa shape index (κ2) is 4.44. The predicted molar refractivity (Wildman–Crippen MR) is 54.1 cm³/mol. The Bertz CT molecular complexity index is 398. The summed E-state index contributed by atoms with van der Waals surface area (Å²) in [7, 11) is 1.25. The van der Waals surface area contributed by atoms with Crippen molar-refractivity contribution in [2.24, 2.45) is 0 Å². The van der Waals surface area contributed by atoms with Gasteiger partial charge in [0.1, 0.15) is 5.69 Å². The summed E-state index contributed by atoms with van der Waals surface area (Å²) in [6.07, 6.45) is 0. The summed E-state index contributed by atoms with van der Waals surface area (Å²) in [5, 5.41) is 3.29. The molecule has 1 aromatic rings. The van der Waals surface area contributed by atoms with Gasteiger partial charge in [-0.15, -0.1) is 0 Å². The summed E-state index contributed by atoms with van der Waals surface area (Å²) in [5.41, 5.74) is 0.266. The van der Waals surface area contributed by atoms with E-state index in [1.165, 1.54) is 17.9 Å². The number of carbonyl (C=O) groups is 2. The Morgan fingerprint density at radius 2 is 2.13 bits per heavy atom. The molecule has 5 nitrogen and oxygen atoms in total. The lowest BCUT2D eigenvalue weighted by atomic mass is 10.3. The van der Waals surface area contributed by atoms with Crippen LogP contribution >= 0.6 is 11.6 Å². The lowest BCUT2D eigenvalue weighted by Gasteiger charge is -2.07. The Balaban J connectivity index is 3.21. The molecule has 0 radical (unpaired) electrons. The molecule has 0 fully saturated rings. The van der Waals surface area contributed by atoms with Gasteiger partial charge in [-0.3, -0.25) is 9.48 Å². The second-order valence-corrected chi connectivity index (χ2v) is 3.56. The summed E-state index contributed by atoms with van der Waals surface area (Å²) in [6, 6.07) is 1.27. The van der Waals surface area contributed by atoms with E-state index in [-0.39, 0.29) is 17.4 Å². The van der Waals surface area contributed by atoms with Gasteiger partial charge < -0.3 is 4.74 Å². The average molecular weight is 231 g/mol. The van der Waals surface area contributed by atoms with Crippen molar-refractivity contribution in [2.75, 3.05) is 7.11 Å². The number of aromatic nitrogens is 2. The summed E-state index contributed by atoms with van der Waals surface area (Å²) in [5.74, 6) is -0.589. The molecule has 1 heterocycles. The van der Waals surface area contributed by atoms with Gasteiger partial charge >= 0.3 is 5.97 Å². The molecule has 0 saturated carbocycles. The van der Waals surface area contributed by atoms with Crippen LogP contribution in [0.15, 0.2) is 6.07 Å². The number of methoxy groups -OCH3 is 1. The molecular formula is C9H11ClN2O3. The van der Waals surface area contributed by atoms with Crippen LogP contribution in [0.1, 0.15) is 40.9 Å². The number of halogens is 1. The molecule has 0 aliphatic carbocycles. The topological polar surface area (TPSA) is 61.2 Å². The zero-order valence-electron chi connectivity index (χ0n) is 8.65. The zero-order chi connectivity index (χ0) is 11.6. The van der Waals surface area contributed by atoms with E-state index in [4.69, 9.17) is 11.6 Å². The van der Waals surface area contributed by atoms with Gasteiger partial charge in [0.05, 0.1) is 7.11 Å². The van der Waals surface area contributed by atoms with Crippen LogP contribution in [-0.2, 0) is 4.74 Å². The minimum atomic E-state index is -0.647. The summed E-state index contributed by atoms with van der Waals surface area (Å²) < 4.78 is 5.89. The van der Waals surface area contributed by atoms with E-state index in [0.717, 1.165) is 0 Å². The standard InChI is InChI=1S/C9H11ClN2O3/c1-5(2)12-7(8(10)13)4-6(11-12)9(14)15-3/h4-5H,1-3H3. The number of nitrogens with zero attached hydrogens (tertiary/aromatic N) is 2. The minimum Gasteiger partial charge on any atom is -0.464 e. The molecule has 1 rings (SSSR count). The van der Waals surface area contributed by atoms with Crippen molar-refractivity contribution >= 4 is 22.8 Å². The number of hydrogen-bond donors (Lipinski definition) is 0. The Hall–Kier alpha value is -1.36. The molecule has 0 spiro atoms. The van der Waals surface area contributed by atoms with Gasteiger partial charge in [0.25, 0.3) is 5.24 Å². The van der Waals surface area contributed by atoms with E-state index < -0.39 is 11.2 Å². The first kappa shape index (κ1) is 11.7. The van der Waals surface area contributed by atoms with Gasteiger partial charge in [-0.25, -0.2) is 4.79 Å². The largest absolute Gasteiger partial charge is 0.464 e. The van der Waals surface area contributed by atoms with Crippen LogP contribution in [0.3, 0.4) is 0 Å². The van der Waals surface area contributed by atoms with Crippen LogP contribution in [0.4, 0.5) is 0 Å². The van der Waals surface area contributed by atoms with Crippen LogP contribution in [-0.4, -0.2) is 28.1 Å². The van der Waals surface area contributed by atoms with Gasteiger partial charge in [-0.1, -0.05) is 0 Å². The highest BCUT2D eigenvalue weighted by atomic mass is 35.5. The maximum atomic E-state index is 11.2. The predicted octanol–water partition coefficient (Wildman–Crippen LogP) is 1.63. The van der Waals surface area contributed by atoms with Gasteiger partial charge in [0.15, 0.2) is 5.69 Å². The smallest absolute Gasteiger partial charge is 0.358 e. The third-order valence-electron chi connectivity index (χ3n) is 1.82. The van der Waals surface area contributed by atoms with Crippen molar-refractivity contribution in [1.29, 1.82) is 0 Å². The van der Waals surface area contributed by atoms with E-state index in [9.17, 15) is 9.59 Å². The van der Waals surface area contributed by atoms with Crippen LogP contribution in [0, 0.1) is 0 Å². The van der Waals surface area contributed by atoms with Gasteiger partial charge in [-0.05, 0) is 25.4 Å². The molecule has 0 unspecified atom stereocenters. The van der Waals surface area contributed by atoms with Crippen molar-refractivity contribution in [3.8, 4) is 0 Å². The molecule has 0 saturated heterocycles. The molecule has 0 bridgehead atoms. The van der Waals surface area contributed by atoms with E-state index in [2.05, 4.69) is 9.84 Å². The molecule has 0 N–H and O–H groups in total. The van der Waals surface area contributed by atoms with E-state index in [1.807, 2.05) is 13.8 Å². The van der Waals surface area contributed by atoms with E-state index >= 15 is 0 Å². The molecule has 6 heteroatoms. The normalized spacial score (nSPS) is 10.5. The van der Waals surface area contributed by atoms with Crippen molar-refractivity contribution in [3.05, 3.63) is 17.5 Å². The fourth-order valence-corrected chi connectivity index (χ4v) is 1.28. The Morgan fingerprint density at radius 3 is 2.47 bits per heavy atom. The van der Waals surface area contributed by atoms with Crippen LogP contribution < -0.4 is 0 Å². The molecule has 0 aliphatic rings. The Morgan fingerprint density at radius 1 is 1.53 bits per heavy atom. The summed E-state index contributed by atoms with van der Waals surface area (Å²) >= 11 is 5.36. The molecule has 0 aromatic carbocycles.